The third-order valence-electron chi connectivity index (χ3n) is 0. The third kappa shape index (κ3) is 26.7. The zero-order valence-corrected chi connectivity index (χ0v) is 9.25. The molecule has 0 heterocycles. The molecular weight excluding hydrogens is 300 g/mol. The number of hydrogen-bond donors (Lipinski definition) is 0. The summed E-state index contributed by atoms with van der Waals surface area (Å²) in [5, 5.41) is 0. The summed E-state index contributed by atoms with van der Waals surface area (Å²) in [7, 11) is 0. The summed E-state index contributed by atoms with van der Waals surface area (Å²) in [6.45, 7) is 0. The standard InChI is InChI=1S/Co.Cu.Fe.Mg.H2S.Zn.2H/h;;;;1H2;;;. The van der Waals surface area contributed by atoms with Crippen LogP contribution in [0.5, 0.6) is 0 Å². The summed E-state index contributed by atoms with van der Waals surface area (Å²) in [4.78, 5) is 0. The van der Waals surface area contributed by atoms with Crippen molar-refractivity contribution in [2.75, 3.05) is 0 Å². The van der Waals surface area contributed by atoms with E-state index in [1.54, 1.807) is 0 Å². The van der Waals surface area contributed by atoms with Crippen LogP contribution >= 0.6 is 13.5 Å². The Morgan fingerprint density at radius 2 is 1.00 bits per heavy atom. The molecule has 0 aliphatic carbocycles. The van der Waals surface area contributed by atoms with Crippen LogP contribution in [-0.2, 0) is 70.4 Å². The summed E-state index contributed by atoms with van der Waals surface area (Å²) in [6, 6.07) is 0. The molecule has 0 N–H and O–H groups in total. The normalized spacial score (nSPS) is 0. The van der Waals surface area contributed by atoms with Crippen LogP contribution in [0.4, 0.5) is 0 Å². The van der Waals surface area contributed by atoms with Crippen LogP contribution in [0, 0.1) is 0 Å². The molecule has 0 aromatic heterocycles. The Labute approximate surface area is 105 Å². The van der Waals surface area contributed by atoms with Crippen molar-refractivity contribution in [1.29, 1.82) is 0 Å². The van der Waals surface area contributed by atoms with Crippen LogP contribution in [-0.4, -0.2) is 23.1 Å². The molecular formula is H4CoCuFeMgSZn. The maximum absolute atomic E-state index is 0. The molecule has 0 fully saturated rings. The molecule has 6 heavy (non-hydrogen) atoms. The Morgan fingerprint density at radius 1 is 1.00 bits per heavy atom. The largest absolute Gasteiger partial charge is 0.316 e. The van der Waals surface area contributed by atoms with Gasteiger partial charge in [-0.15, -0.1) is 0 Å². The van der Waals surface area contributed by atoms with Gasteiger partial charge in [-0.3, -0.25) is 0 Å². The molecule has 42 valence electrons. The second-order valence-corrected chi connectivity index (χ2v) is 0. The van der Waals surface area contributed by atoms with Crippen molar-refractivity contribution in [3.63, 3.8) is 0 Å². The first-order chi connectivity index (χ1) is 0. The van der Waals surface area contributed by atoms with Crippen molar-refractivity contribution in [3.8, 4) is 0 Å². The Bertz CT molecular complexity index is 15.5. The first-order valence-corrected chi connectivity index (χ1v) is 0. The average molecular weight is 304 g/mol. The maximum atomic E-state index is 0. The first-order valence-electron chi connectivity index (χ1n) is 0. The predicted molar refractivity (Wildman–Crippen MR) is 18.9 cm³/mol. The molecule has 2 radical (unpaired) electrons. The van der Waals surface area contributed by atoms with E-state index in [1.165, 1.54) is 0 Å². The third-order valence-corrected chi connectivity index (χ3v) is 0. The fourth-order valence-electron chi connectivity index (χ4n) is 0. The van der Waals surface area contributed by atoms with Gasteiger partial charge >= 0.3 is 23.1 Å². The molecule has 0 aromatic rings. The molecule has 0 bridgehead atoms. The minimum absolute atomic E-state index is 0. The number of rotatable bonds is 0. The van der Waals surface area contributed by atoms with Crippen LogP contribution in [0.25, 0.3) is 0 Å². The van der Waals surface area contributed by atoms with E-state index in [1.807, 2.05) is 0 Å². The zero-order valence-electron chi connectivity index (χ0n) is 2.20. The quantitative estimate of drug-likeness (QED) is 0.514. The van der Waals surface area contributed by atoms with E-state index >= 15 is 0 Å². The zero-order chi connectivity index (χ0) is 0. The van der Waals surface area contributed by atoms with Crippen molar-refractivity contribution < 1.29 is 70.4 Å². The van der Waals surface area contributed by atoms with Crippen molar-refractivity contribution in [2.24, 2.45) is 0 Å². The van der Waals surface area contributed by atoms with Gasteiger partial charge in [-0.25, -0.2) is 0 Å². The molecule has 0 amide bonds. The van der Waals surface area contributed by atoms with Crippen LogP contribution in [0.2, 0.25) is 0 Å². The van der Waals surface area contributed by atoms with E-state index in [0.29, 0.717) is 0 Å². The topological polar surface area (TPSA) is 0 Å². The maximum Gasteiger partial charge on any atom is 0.316 e. The van der Waals surface area contributed by atoms with E-state index in [-0.39, 0.29) is 107 Å². The smallest absolute Gasteiger partial charge is 0.197 e. The Balaban J connectivity index is 0. The summed E-state index contributed by atoms with van der Waals surface area (Å²) in [5.41, 5.74) is 0. The number of hydrogen-bond acceptors (Lipinski definition) is 0. The van der Waals surface area contributed by atoms with E-state index in [2.05, 4.69) is 0 Å². The van der Waals surface area contributed by atoms with Crippen molar-refractivity contribution in [3.05, 3.63) is 0 Å². The van der Waals surface area contributed by atoms with Gasteiger partial charge in [0, 0.05) is 70.4 Å². The van der Waals surface area contributed by atoms with Gasteiger partial charge in [0.25, 0.3) is 0 Å². The van der Waals surface area contributed by atoms with Gasteiger partial charge in [-0.1, -0.05) is 0 Å². The molecule has 0 rings (SSSR count). The van der Waals surface area contributed by atoms with Crippen molar-refractivity contribution in [2.45, 2.75) is 0 Å². The van der Waals surface area contributed by atoms with Crippen molar-refractivity contribution in [1.82, 2.24) is 0 Å². The Morgan fingerprint density at radius 3 is 1.00 bits per heavy atom. The van der Waals surface area contributed by atoms with Gasteiger partial charge in [0.2, 0.25) is 0 Å². The van der Waals surface area contributed by atoms with Crippen molar-refractivity contribution >= 4 is 36.5 Å². The minimum Gasteiger partial charge on any atom is -0.197 e. The summed E-state index contributed by atoms with van der Waals surface area (Å²) < 4.78 is 0. The van der Waals surface area contributed by atoms with E-state index in [0.717, 1.165) is 0 Å². The molecule has 0 saturated carbocycles. The Kier molecular flexibility index (Phi) is 401. The molecule has 0 aliphatic rings. The van der Waals surface area contributed by atoms with E-state index in [4.69, 9.17) is 0 Å². The average Bonchev–Trinajstić information content (AvgIpc) is 0. The van der Waals surface area contributed by atoms with Gasteiger partial charge in [-0.2, -0.15) is 13.5 Å². The van der Waals surface area contributed by atoms with Gasteiger partial charge in [-0.05, 0) is 0 Å². The molecule has 6 heteroatoms. The molecule has 0 aromatic carbocycles. The van der Waals surface area contributed by atoms with Crippen LogP contribution in [0.1, 0.15) is 0 Å². The first kappa shape index (κ1) is 59.1. The molecule has 0 unspecified atom stereocenters. The molecule has 0 nitrogen and oxygen atoms in total. The van der Waals surface area contributed by atoms with Gasteiger partial charge in [0.1, 0.15) is 0 Å². The molecule has 0 saturated heterocycles. The van der Waals surface area contributed by atoms with Crippen LogP contribution < -0.4 is 0 Å². The molecule has 0 atom stereocenters. The van der Waals surface area contributed by atoms with E-state index < -0.39 is 0 Å². The minimum atomic E-state index is 0. The summed E-state index contributed by atoms with van der Waals surface area (Å²) in [6.07, 6.45) is 0. The Hall–Kier alpha value is 3.29. The van der Waals surface area contributed by atoms with Gasteiger partial charge in [0.15, 0.2) is 0 Å². The fraction of sp³-hybridized carbons (Fsp3) is 0. The monoisotopic (exact) mass is 302 g/mol. The molecule has 0 spiro atoms. The summed E-state index contributed by atoms with van der Waals surface area (Å²) in [5.74, 6) is 0. The SMILES string of the molecule is S.[Co].[Cu].[Fe].[MgH2].[Zn]. The molecule has 0 aliphatic heterocycles. The predicted octanol–water partition coefficient (Wildman–Crippen LogP) is -0.813. The van der Waals surface area contributed by atoms with Gasteiger partial charge < -0.3 is 0 Å². The second-order valence-electron chi connectivity index (χ2n) is 0. The van der Waals surface area contributed by atoms with Crippen LogP contribution in [0.15, 0.2) is 0 Å². The second kappa shape index (κ2) is 40.7. The van der Waals surface area contributed by atoms with E-state index in [9.17, 15) is 0 Å². The van der Waals surface area contributed by atoms with Gasteiger partial charge in [0.05, 0.1) is 0 Å². The fourth-order valence-corrected chi connectivity index (χ4v) is 0. The summed E-state index contributed by atoms with van der Waals surface area (Å²) >= 11 is 0. The van der Waals surface area contributed by atoms with Crippen LogP contribution in [0.3, 0.4) is 0 Å².